The van der Waals surface area contributed by atoms with E-state index in [0.29, 0.717) is 5.65 Å². The summed E-state index contributed by atoms with van der Waals surface area (Å²) in [6.07, 6.45) is 4.49. The van der Waals surface area contributed by atoms with Crippen LogP contribution in [-0.4, -0.2) is 30.7 Å². The largest absolute Gasteiger partial charge is 0.475 e. The molecule has 60 valence electrons. The van der Waals surface area contributed by atoms with Gasteiger partial charge in [-0.05, 0) is 0 Å². The number of carbonyl (C=O) groups is 1. The lowest BCUT2D eigenvalue weighted by Gasteiger charge is -1.84. The number of carboxylic acids is 1. The second-order valence-electron chi connectivity index (χ2n) is 2.12. The molecule has 0 aliphatic heterocycles. The molecule has 0 atom stereocenters. The lowest BCUT2D eigenvalue weighted by atomic mass is 10.6. The summed E-state index contributed by atoms with van der Waals surface area (Å²) < 4.78 is 1.36. The fourth-order valence-electron chi connectivity index (χ4n) is 0.835. The molecule has 0 spiro atoms. The lowest BCUT2D eigenvalue weighted by Crippen LogP contribution is -1.98. The first-order valence-electron chi connectivity index (χ1n) is 3.17. The van der Waals surface area contributed by atoms with Gasteiger partial charge in [0.05, 0.1) is 6.20 Å². The Morgan fingerprint density at radius 3 is 3.08 bits per heavy atom. The van der Waals surface area contributed by atoms with E-state index in [1.807, 2.05) is 0 Å². The van der Waals surface area contributed by atoms with Crippen molar-refractivity contribution in [2.75, 3.05) is 0 Å². The van der Waals surface area contributed by atoms with Crippen molar-refractivity contribution >= 4 is 11.6 Å². The van der Waals surface area contributed by atoms with Gasteiger partial charge in [-0.2, -0.15) is 4.98 Å². The summed E-state index contributed by atoms with van der Waals surface area (Å²) in [5.74, 6) is -1.36. The minimum atomic E-state index is -1.14. The number of fused-ring (bicyclic) bond motifs is 1. The second-order valence-corrected chi connectivity index (χ2v) is 2.12. The van der Waals surface area contributed by atoms with Crippen molar-refractivity contribution < 1.29 is 9.90 Å². The summed E-state index contributed by atoms with van der Waals surface area (Å²) in [6, 6.07) is 0. The topological polar surface area (TPSA) is 80.4 Å². The molecular formula is C6H4N4O2. The van der Waals surface area contributed by atoms with Gasteiger partial charge in [0.25, 0.3) is 5.82 Å². The zero-order valence-electron chi connectivity index (χ0n) is 5.88. The molecule has 0 amide bonds. The Morgan fingerprint density at radius 2 is 2.42 bits per heavy atom. The highest BCUT2D eigenvalue weighted by Gasteiger charge is 2.09. The first kappa shape index (κ1) is 6.71. The van der Waals surface area contributed by atoms with Crippen LogP contribution in [0.15, 0.2) is 18.6 Å². The quantitative estimate of drug-likeness (QED) is 0.632. The van der Waals surface area contributed by atoms with E-state index in [4.69, 9.17) is 5.11 Å². The maximum Gasteiger partial charge on any atom is 0.375 e. The fraction of sp³-hybridized carbons (Fsp3) is 0. The minimum absolute atomic E-state index is 0.219. The van der Waals surface area contributed by atoms with Crippen LogP contribution in [0.25, 0.3) is 5.65 Å². The number of rotatable bonds is 1. The van der Waals surface area contributed by atoms with E-state index < -0.39 is 5.97 Å². The third-order valence-electron chi connectivity index (χ3n) is 1.33. The Labute approximate surface area is 66.5 Å². The van der Waals surface area contributed by atoms with Gasteiger partial charge in [0.1, 0.15) is 0 Å². The molecule has 0 saturated carbocycles. The molecule has 1 N–H and O–H groups in total. The monoisotopic (exact) mass is 164 g/mol. The van der Waals surface area contributed by atoms with Crippen LogP contribution in [0.1, 0.15) is 10.6 Å². The van der Waals surface area contributed by atoms with Crippen molar-refractivity contribution in [3.05, 3.63) is 24.4 Å². The molecule has 0 saturated heterocycles. The van der Waals surface area contributed by atoms with E-state index in [1.165, 1.54) is 23.1 Å². The zero-order valence-corrected chi connectivity index (χ0v) is 5.88. The van der Waals surface area contributed by atoms with Crippen LogP contribution >= 0.6 is 0 Å². The average Bonchev–Trinajstić information content (AvgIpc) is 2.46. The van der Waals surface area contributed by atoms with Crippen LogP contribution < -0.4 is 0 Å². The van der Waals surface area contributed by atoms with Crippen molar-refractivity contribution in [1.82, 2.24) is 19.6 Å². The molecule has 0 aliphatic carbocycles. The van der Waals surface area contributed by atoms with Gasteiger partial charge >= 0.3 is 5.97 Å². The van der Waals surface area contributed by atoms with Crippen LogP contribution in [0.2, 0.25) is 0 Å². The standard InChI is InChI=1S/C6H4N4O2/c11-6(12)5-8-4-3-7-1-2-10(4)9-5/h1-3H,(H,11,12). The van der Waals surface area contributed by atoms with Crippen LogP contribution in [0.3, 0.4) is 0 Å². The van der Waals surface area contributed by atoms with Gasteiger partial charge in [-0.1, -0.05) is 0 Å². The molecule has 2 aromatic heterocycles. The van der Waals surface area contributed by atoms with Crippen molar-refractivity contribution in [2.24, 2.45) is 0 Å². The third-order valence-corrected chi connectivity index (χ3v) is 1.33. The molecule has 0 fully saturated rings. The van der Waals surface area contributed by atoms with Gasteiger partial charge in [0.15, 0.2) is 5.65 Å². The SMILES string of the molecule is O=C(O)c1nc2cnccn2n1. The summed E-state index contributed by atoms with van der Waals surface area (Å²) in [6.45, 7) is 0. The number of aromatic nitrogens is 4. The summed E-state index contributed by atoms with van der Waals surface area (Å²) in [5.41, 5.74) is 0.426. The highest BCUT2D eigenvalue weighted by atomic mass is 16.4. The minimum Gasteiger partial charge on any atom is -0.475 e. The Morgan fingerprint density at radius 1 is 1.58 bits per heavy atom. The molecule has 0 aliphatic rings. The van der Waals surface area contributed by atoms with Gasteiger partial charge < -0.3 is 5.11 Å². The summed E-state index contributed by atoms with van der Waals surface area (Å²) in [5, 5.41) is 12.2. The van der Waals surface area contributed by atoms with Crippen molar-refractivity contribution in [2.45, 2.75) is 0 Å². The molecule has 2 heterocycles. The van der Waals surface area contributed by atoms with E-state index in [9.17, 15) is 4.79 Å². The van der Waals surface area contributed by atoms with E-state index >= 15 is 0 Å². The smallest absolute Gasteiger partial charge is 0.375 e. The van der Waals surface area contributed by atoms with E-state index in [1.54, 1.807) is 0 Å². The number of carboxylic acid groups (broad SMARTS) is 1. The van der Waals surface area contributed by atoms with Crippen molar-refractivity contribution in [3.8, 4) is 0 Å². The van der Waals surface area contributed by atoms with E-state index in [2.05, 4.69) is 15.1 Å². The van der Waals surface area contributed by atoms with Crippen molar-refractivity contribution in [1.29, 1.82) is 0 Å². The molecule has 0 bridgehead atoms. The van der Waals surface area contributed by atoms with Crippen LogP contribution in [0.5, 0.6) is 0 Å². The Hall–Kier alpha value is -1.98. The van der Waals surface area contributed by atoms with Gasteiger partial charge in [-0.15, -0.1) is 5.10 Å². The number of hydrogen-bond acceptors (Lipinski definition) is 4. The Balaban J connectivity index is 2.70. The lowest BCUT2D eigenvalue weighted by molar-refractivity contribution is 0.0684. The molecule has 2 rings (SSSR count). The Bertz CT molecular complexity index is 403. The van der Waals surface area contributed by atoms with E-state index in [-0.39, 0.29) is 5.82 Å². The third kappa shape index (κ3) is 0.895. The molecule has 6 nitrogen and oxygen atoms in total. The molecule has 0 unspecified atom stereocenters. The zero-order chi connectivity index (χ0) is 8.55. The van der Waals surface area contributed by atoms with Crippen molar-refractivity contribution in [3.63, 3.8) is 0 Å². The predicted molar refractivity (Wildman–Crippen MR) is 37.7 cm³/mol. The molecule has 0 aromatic carbocycles. The van der Waals surface area contributed by atoms with Gasteiger partial charge in [0, 0.05) is 12.4 Å². The summed E-state index contributed by atoms with van der Waals surface area (Å²) in [4.78, 5) is 17.9. The number of hydrogen-bond donors (Lipinski definition) is 1. The molecule has 2 aromatic rings. The predicted octanol–water partition coefficient (Wildman–Crippen LogP) is -0.178. The van der Waals surface area contributed by atoms with Crippen LogP contribution in [-0.2, 0) is 0 Å². The van der Waals surface area contributed by atoms with E-state index in [0.717, 1.165) is 0 Å². The molecular weight excluding hydrogens is 160 g/mol. The van der Waals surface area contributed by atoms with Gasteiger partial charge in [0.2, 0.25) is 0 Å². The highest BCUT2D eigenvalue weighted by molar-refractivity contribution is 5.83. The average molecular weight is 164 g/mol. The maximum absolute atomic E-state index is 10.4. The first-order valence-corrected chi connectivity index (χ1v) is 3.17. The molecule has 0 radical (unpaired) electrons. The van der Waals surface area contributed by atoms with Gasteiger partial charge in [-0.25, -0.2) is 9.31 Å². The fourth-order valence-corrected chi connectivity index (χ4v) is 0.835. The van der Waals surface area contributed by atoms with Crippen LogP contribution in [0, 0.1) is 0 Å². The Kier molecular flexibility index (Phi) is 1.26. The highest BCUT2D eigenvalue weighted by Crippen LogP contribution is 1.97. The summed E-state index contributed by atoms with van der Waals surface area (Å²) >= 11 is 0. The second kappa shape index (κ2) is 2.26. The maximum atomic E-state index is 10.4. The summed E-state index contributed by atoms with van der Waals surface area (Å²) in [7, 11) is 0. The van der Waals surface area contributed by atoms with Crippen LogP contribution in [0.4, 0.5) is 0 Å². The number of nitrogens with zero attached hydrogens (tertiary/aromatic N) is 4. The molecule has 6 heteroatoms. The first-order chi connectivity index (χ1) is 5.77. The number of aromatic carboxylic acids is 1. The van der Waals surface area contributed by atoms with Gasteiger partial charge in [-0.3, -0.25) is 4.98 Å². The molecule has 12 heavy (non-hydrogen) atoms. The normalized spacial score (nSPS) is 10.3.